The molecule has 0 aromatic heterocycles. The van der Waals surface area contributed by atoms with Gasteiger partial charge >= 0.3 is 6.18 Å². The molecule has 1 rings (SSSR count). The zero-order valence-corrected chi connectivity index (χ0v) is 10.4. The minimum absolute atomic E-state index is 0.145. The molecule has 1 aromatic carbocycles. The smallest absolute Gasteiger partial charge is 0.396 e. The largest absolute Gasteiger partial charge is 0.407 e. The van der Waals surface area contributed by atoms with Gasteiger partial charge in [-0.25, -0.2) is 0 Å². The third-order valence-corrected chi connectivity index (χ3v) is 3.03. The lowest BCUT2D eigenvalue weighted by Crippen LogP contribution is -2.42. The number of halogens is 3. The van der Waals surface area contributed by atoms with E-state index in [1.165, 1.54) is 12.1 Å². The van der Waals surface area contributed by atoms with Crippen LogP contribution in [0.15, 0.2) is 30.3 Å². The van der Waals surface area contributed by atoms with Crippen molar-refractivity contribution in [3.8, 4) is 0 Å². The van der Waals surface area contributed by atoms with E-state index in [-0.39, 0.29) is 18.1 Å². The van der Waals surface area contributed by atoms with Crippen LogP contribution in [-0.4, -0.2) is 23.9 Å². The molecule has 0 heterocycles. The fraction of sp³-hybridized carbons (Fsp3) is 0.538. The number of nitrogens with one attached hydrogen (secondary N) is 1. The van der Waals surface area contributed by atoms with Gasteiger partial charge in [0.1, 0.15) is 6.04 Å². The first-order valence-corrected chi connectivity index (χ1v) is 5.84. The van der Waals surface area contributed by atoms with Gasteiger partial charge in [-0.15, -0.1) is 0 Å². The van der Waals surface area contributed by atoms with E-state index in [0.29, 0.717) is 0 Å². The Hall–Kier alpha value is -1.07. The highest BCUT2D eigenvalue weighted by molar-refractivity contribution is 5.20. The molecule has 3 unspecified atom stereocenters. The van der Waals surface area contributed by atoms with E-state index in [4.69, 9.17) is 5.11 Å². The summed E-state index contributed by atoms with van der Waals surface area (Å²) < 4.78 is 39.0. The molecular formula is C13H18F3NO. The molecule has 0 saturated carbocycles. The van der Waals surface area contributed by atoms with Crippen molar-refractivity contribution < 1.29 is 18.3 Å². The van der Waals surface area contributed by atoms with Gasteiger partial charge in [0.2, 0.25) is 0 Å². The number of rotatable bonds is 5. The van der Waals surface area contributed by atoms with Gasteiger partial charge < -0.3 is 5.11 Å². The first kappa shape index (κ1) is 15.0. The monoisotopic (exact) mass is 261 g/mol. The molecule has 18 heavy (non-hydrogen) atoms. The average molecular weight is 261 g/mol. The van der Waals surface area contributed by atoms with Crippen molar-refractivity contribution in [1.29, 1.82) is 0 Å². The summed E-state index contributed by atoms with van der Waals surface area (Å²) in [7, 11) is 0. The predicted octanol–water partition coefficient (Wildman–Crippen LogP) is 2.90. The highest BCUT2D eigenvalue weighted by atomic mass is 19.4. The molecule has 2 nitrogen and oxygen atoms in total. The number of aliphatic hydroxyl groups is 1. The Morgan fingerprint density at radius 2 is 1.72 bits per heavy atom. The van der Waals surface area contributed by atoms with Gasteiger partial charge in [-0.05, 0) is 18.4 Å². The second kappa shape index (κ2) is 6.20. The van der Waals surface area contributed by atoms with E-state index in [2.05, 4.69) is 5.32 Å². The lowest BCUT2D eigenvalue weighted by atomic mass is 10.0. The number of hydrogen-bond donors (Lipinski definition) is 2. The van der Waals surface area contributed by atoms with Gasteiger partial charge in [0.05, 0.1) is 0 Å². The topological polar surface area (TPSA) is 32.3 Å². The highest BCUT2D eigenvalue weighted by Crippen LogP contribution is 2.33. The predicted molar refractivity (Wildman–Crippen MR) is 64.1 cm³/mol. The summed E-state index contributed by atoms with van der Waals surface area (Å²) in [4.78, 5) is 0. The molecule has 0 bridgehead atoms. The van der Waals surface area contributed by atoms with Crippen molar-refractivity contribution in [3.05, 3.63) is 35.9 Å². The average Bonchev–Trinajstić information content (AvgIpc) is 2.34. The minimum atomic E-state index is -4.36. The molecule has 0 aliphatic carbocycles. The summed E-state index contributed by atoms with van der Waals surface area (Å²) in [5.74, 6) is -0.237. The lowest BCUT2D eigenvalue weighted by molar-refractivity contribution is -0.160. The zero-order chi connectivity index (χ0) is 13.8. The minimum Gasteiger partial charge on any atom is -0.396 e. The van der Waals surface area contributed by atoms with E-state index in [1.807, 2.05) is 0 Å². The normalized spacial score (nSPS) is 17.2. The lowest BCUT2D eigenvalue weighted by Gasteiger charge is -2.28. The third kappa shape index (κ3) is 3.99. The SMILES string of the molecule is CC(CO)C(C)NC(c1ccccc1)C(F)(F)F. The second-order valence-corrected chi connectivity index (χ2v) is 4.50. The summed E-state index contributed by atoms with van der Waals surface area (Å²) in [6.45, 7) is 3.20. The van der Waals surface area contributed by atoms with Crippen molar-refractivity contribution in [1.82, 2.24) is 5.32 Å². The Morgan fingerprint density at radius 3 is 2.17 bits per heavy atom. The fourth-order valence-corrected chi connectivity index (χ4v) is 1.61. The van der Waals surface area contributed by atoms with Gasteiger partial charge in [-0.1, -0.05) is 37.3 Å². The number of hydrogen-bond acceptors (Lipinski definition) is 2. The van der Waals surface area contributed by atoms with Gasteiger partial charge in [-0.2, -0.15) is 13.2 Å². The summed E-state index contributed by atoms with van der Waals surface area (Å²) in [6, 6.07) is 5.59. The first-order valence-electron chi connectivity index (χ1n) is 5.84. The van der Waals surface area contributed by atoms with Gasteiger partial charge in [0, 0.05) is 12.6 Å². The molecule has 1 aromatic rings. The summed E-state index contributed by atoms with van der Waals surface area (Å²) >= 11 is 0. The van der Waals surface area contributed by atoms with Gasteiger partial charge in [-0.3, -0.25) is 5.32 Å². The second-order valence-electron chi connectivity index (χ2n) is 4.50. The molecule has 0 saturated heterocycles. The Kier molecular flexibility index (Phi) is 5.16. The molecule has 102 valence electrons. The van der Waals surface area contributed by atoms with Gasteiger partial charge in [0.15, 0.2) is 0 Å². The molecular weight excluding hydrogens is 243 g/mol. The standard InChI is InChI=1S/C13H18F3NO/c1-9(8-18)10(2)17-12(13(14,15)16)11-6-4-3-5-7-11/h3-7,9-10,12,17-18H,8H2,1-2H3. The number of benzene rings is 1. The quantitative estimate of drug-likeness (QED) is 0.854. The molecule has 0 amide bonds. The fourth-order valence-electron chi connectivity index (χ4n) is 1.61. The Labute approximate surface area is 105 Å². The van der Waals surface area contributed by atoms with Crippen molar-refractivity contribution in [2.24, 2.45) is 5.92 Å². The Morgan fingerprint density at radius 1 is 1.17 bits per heavy atom. The first-order chi connectivity index (χ1) is 8.36. The summed E-state index contributed by atoms with van der Waals surface area (Å²) in [6.07, 6.45) is -4.36. The van der Waals surface area contributed by atoms with Crippen LogP contribution in [0.3, 0.4) is 0 Å². The zero-order valence-electron chi connectivity index (χ0n) is 10.4. The van der Waals surface area contributed by atoms with Crippen LogP contribution in [0, 0.1) is 5.92 Å². The van der Waals surface area contributed by atoms with Crippen LogP contribution in [0.1, 0.15) is 25.5 Å². The van der Waals surface area contributed by atoms with Crippen molar-refractivity contribution in [2.75, 3.05) is 6.61 Å². The maximum Gasteiger partial charge on any atom is 0.407 e. The van der Waals surface area contributed by atoms with Crippen LogP contribution in [-0.2, 0) is 0 Å². The Bertz CT molecular complexity index is 353. The van der Waals surface area contributed by atoms with Crippen LogP contribution in [0.4, 0.5) is 13.2 Å². The van der Waals surface area contributed by atoms with Crippen molar-refractivity contribution in [3.63, 3.8) is 0 Å². The third-order valence-electron chi connectivity index (χ3n) is 3.03. The molecule has 3 atom stereocenters. The molecule has 0 spiro atoms. The summed E-state index contributed by atoms with van der Waals surface area (Å²) in [5.41, 5.74) is 0.182. The van der Waals surface area contributed by atoms with E-state index in [1.54, 1.807) is 32.0 Å². The molecule has 0 radical (unpaired) electrons. The van der Waals surface area contributed by atoms with E-state index in [9.17, 15) is 13.2 Å². The van der Waals surface area contributed by atoms with Crippen LogP contribution in [0.2, 0.25) is 0 Å². The molecule has 2 N–H and O–H groups in total. The van der Waals surface area contributed by atoms with E-state index in [0.717, 1.165) is 0 Å². The van der Waals surface area contributed by atoms with Crippen molar-refractivity contribution in [2.45, 2.75) is 32.1 Å². The maximum atomic E-state index is 13.0. The summed E-state index contributed by atoms with van der Waals surface area (Å²) in [5, 5.41) is 11.5. The van der Waals surface area contributed by atoms with Crippen LogP contribution >= 0.6 is 0 Å². The van der Waals surface area contributed by atoms with Crippen LogP contribution in [0.5, 0.6) is 0 Å². The molecule has 0 aliphatic heterocycles. The van der Waals surface area contributed by atoms with Crippen molar-refractivity contribution >= 4 is 0 Å². The Balaban J connectivity index is 2.88. The van der Waals surface area contributed by atoms with E-state index < -0.39 is 18.3 Å². The molecule has 0 aliphatic rings. The van der Waals surface area contributed by atoms with Gasteiger partial charge in [0.25, 0.3) is 0 Å². The number of alkyl halides is 3. The van der Waals surface area contributed by atoms with E-state index >= 15 is 0 Å². The van der Waals surface area contributed by atoms with Crippen LogP contribution in [0.25, 0.3) is 0 Å². The molecule has 5 heteroatoms. The highest BCUT2D eigenvalue weighted by Gasteiger charge is 2.41. The number of aliphatic hydroxyl groups excluding tert-OH is 1. The molecule has 0 fully saturated rings. The maximum absolute atomic E-state index is 13.0. The van der Waals surface area contributed by atoms with Crippen LogP contribution < -0.4 is 5.32 Å².